The van der Waals surface area contributed by atoms with E-state index in [2.05, 4.69) is 15.0 Å². The fourth-order valence-electron chi connectivity index (χ4n) is 1.13. The molecule has 2 aromatic heterocycles. The molecule has 84 valence electrons. The zero-order valence-electron chi connectivity index (χ0n) is 8.54. The minimum absolute atomic E-state index is 0.253. The highest BCUT2D eigenvalue weighted by Crippen LogP contribution is 2.25. The van der Waals surface area contributed by atoms with Gasteiger partial charge in [-0.15, -0.1) is 0 Å². The van der Waals surface area contributed by atoms with Crippen LogP contribution in [0.5, 0.6) is 0 Å². The number of aromatic amines is 1. The van der Waals surface area contributed by atoms with E-state index in [1.54, 1.807) is 0 Å². The Morgan fingerprint density at radius 2 is 2.29 bits per heavy atom. The van der Waals surface area contributed by atoms with Crippen molar-refractivity contribution in [1.82, 2.24) is 15.0 Å². The van der Waals surface area contributed by atoms with Gasteiger partial charge < -0.3 is 10.7 Å². The van der Waals surface area contributed by atoms with E-state index in [0.29, 0.717) is 21.4 Å². The number of anilines is 1. The SMILES string of the molecule is N#Cc1cc(N)cnc1Sc1nccc(=O)[nH]1. The monoisotopic (exact) mass is 245 g/mol. The van der Waals surface area contributed by atoms with Gasteiger partial charge in [0.2, 0.25) is 0 Å². The van der Waals surface area contributed by atoms with Crippen molar-refractivity contribution in [2.45, 2.75) is 10.2 Å². The number of H-pyrrole nitrogens is 1. The van der Waals surface area contributed by atoms with Gasteiger partial charge in [0.15, 0.2) is 5.16 Å². The minimum atomic E-state index is -0.253. The van der Waals surface area contributed by atoms with E-state index >= 15 is 0 Å². The van der Waals surface area contributed by atoms with E-state index in [4.69, 9.17) is 11.0 Å². The van der Waals surface area contributed by atoms with Crippen molar-refractivity contribution in [3.05, 3.63) is 40.4 Å². The standard InChI is InChI=1S/C10H7N5OS/c11-4-6-3-7(12)5-14-9(6)17-10-13-2-1-8(16)15-10/h1-3,5H,12H2,(H,13,15,16). The summed E-state index contributed by atoms with van der Waals surface area (Å²) in [5.41, 5.74) is 6.04. The van der Waals surface area contributed by atoms with E-state index < -0.39 is 0 Å². The third-order valence-corrected chi connectivity index (χ3v) is 2.75. The molecular formula is C10H7N5OS. The van der Waals surface area contributed by atoms with Crippen LogP contribution in [0.4, 0.5) is 5.69 Å². The second-order valence-corrected chi connectivity index (χ2v) is 4.05. The first-order chi connectivity index (χ1) is 8.19. The van der Waals surface area contributed by atoms with E-state index in [1.807, 2.05) is 6.07 Å². The average Bonchev–Trinajstić information content (AvgIpc) is 2.31. The number of aromatic nitrogens is 3. The van der Waals surface area contributed by atoms with Crippen LogP contribution in [0.2, 0.25) is 0 Å². The van der Waals surface area contributed by atoms with Crippen LogP contribution in [0.1, 0.15) is 5.56 Å². The molecule has 2 heterocycles. The molecule has 0 bridgehead atoms. The second kappa shape index (κ2) is 4.67. The molecule has 7 heteroatoms. The average molecular weight is 245 g/mol. The number of nitrogens with one attached hydrogen (secondary N) is 1. The van der Waals surface area contributed by atoms with Crippen molar-refractivity contribution in [2.24, 2.45) is 0 Å². The van der Waals surface area contributed by atoms with E-state index in [1.165, 1.54) is 24.5 Å². The Kier molecular flexibility index (Phi) is 3.07. The van der Waals surface area contributed by atoms with Crippen molar-refractivity contribution in [2.75, 3.05) is 5.73 Å². The highest BCUT2D eigenvalue weighted by atomic mass is 32.2. The fourth-order valence-corrected chi connectivity index (χ4v) is 1.89. The number of nitrogens with zero attached hydrogens (tertiary/aromatic N) is 3. The summed E-state index contributed by atoms with van der Waals surface area (Å²) < 4.78 is 0. The van der Waals surface area contributed by atoms with Crippen LogP contribution >= 0.6 is 11.8 Å². The smallest absolute Gasteiger partial charge is 0.251 e. The third-order valence-electron chi connectivity index (χ3n) is 1.83. The Balaban J connectivity index is 2.37. The Labute approximate surface area is 101 Å². The summed E-state index contributed by atoms with van der Waals surface area (Å²) in [5, 5.41) is 9.76. The summed E-state index contributed by atoms with van der Waals surface area (Å²) in [6.45, 7) is 0. The summed E-state index contributed by atoms with van der Waals surface area (Å²) in [4.78, 5) is 21.6. The Bertz CT molecular complexity index is 646. The number of rotatable bonds is 2. The van der Waals surface area contributed by atoms with Gasteiger partial charge in [-0.3, -0.25) is 4.79 Å². The van der Waals surface area contributed by atoms with Gasteiger partial charge >= 0.3 is 0 Å². The van der Waals surface area contributed by atoms with Crippen molar-refractivity contribution < 1.29 is 0 Å². The third kappa shape index (κ3) is 2.62. The van der Waals surface area contributed by atoms with E-state index in [-0.39, 0.29) is 5.56 Å². The highest BCUT2D eigenvalue weighted by molar-refractivity contribution is 7.99. The van der Waals surface area contributed by atoms with Crippen LogP contribution < -0.4 is 11.3 Å². The molecule has 0 fully saturated rings. The second-order valence-electron chi connectivity index (χ2n) is 3.07. The molecule has 0 radical (unpaired) electrons. The Hall–Kier alpha value is -2.33. The molecular weight excluding hydrogens is 238 g/mol. The van der Waals surface area contributed by atoms with Crippen molar-refractivity contribution in [3.8, 4) is 6.07 Å². The molecule has 0 aromatic carbocycles. The maximum absolute atomic E-state index is 11.1. The zero-order valence-corrected chi connectivity index (χ0v) is 9.36. The maximum atomic E-state index is 11.1. The van der Waals surface area contributed by atoms with Crippen molar-refractivity contribution >= 4 is 17.4 Å². The van der Waals surface area contributed by atoms with Gasteiger partial charge in [-0.2, -0.15) is 5.26 Å². The van der Waals surface area contributed by atoms with Crippen LogP contribution in [-0.2, 0) is 0 Å². The van der Waals surface area contributed by atoms with Gasteiger partial charge in [0.05, 0.1) is 17.4 Å². The van der Waals surface area contributed by atoms with Gasteiger partial charge in [-0.05, 0) is 17.8 Å². The molecule has 0 aliphatic rings. The molecule has 0 amide bonds. The molecule has 3 N–H and O–H groups in total. The molecule has 0 aliphatic carbocycles. The number of hydrogen-bond acceptors (Lipinski definition) is 6. The van der Waals surface area contributed by atoms with Gasteiger partial charge in [0.1, 0.15) is 11.1 Å². The first-order valence-electron chi connectivity index (χ1n) is 4.58. The molecule has 0 unspecified atom stereocenters. The van der Waals surface area contributed by atoms with Crippen LogP contribution in [0.15, 0.2) is 39.5 Å². The fraction of sp³-hybridized carbons (Fsp3) is 0. The van der Waals surface area contributed by atoms with Crippen molar-refractivity contribution in [1.29, 1.82) is 5.26 Å². The predicted molar refractivity (Wildman–Crippen MR) is 62.3 cm³/mol. The minimum Gasteiger partial charge on any atom is -0.397 e. The number of hydrogen-bond donors (Lipinski definition) is 2. The quantitative estimate of drug-likeness (QED) is 0.756. The first-order valence-corrected chi connectivity index (χ1v) is 5.39. The van der Waals surface area contributed by atoms with Gasteiger partial charge in [0.25, 0.3) is 5.56 Å². The molecule has 6 nitrogen and oxygen atoms in total. The van der Waals surface area contributed by atoms with Crippen LogP contribution in [-0.4, -0.2) is 15.0 Å². The summed E-state index contributed by atoms with van der Waals surface area (Å²) in [7, 11) is 0. The molecule has 17 heavy (non-hydrogen) atoms. The number of nitrogens with two attached hydrogens (primary N) is 1. The molecule has 0 saturated carbocycles. The number of nitriles is 1. The van der Waals surface area contributed by atoms with Crippen LogP contribution in [0.25, 0.3) is 0 Å². The lowest BCUT2D eigenvalue weighted by molar-refractivity contribution is 0.931. The summed E-state index contributed by atoms with van der Waals surface area (Å²) in [5.74, 6) is 0. The Morgan fingerprint density at radius 1 is 1.47 bits per heavy atom. The topological polar surface area (TPSA) is 108 Å². The molecule has 0 aliphatic heterocycles. The molecule has 0 atom stereocenters. The molecule has 2 aromatic rings. The van der Waals surface area contributed by atoms with Gasteiger partial charge in [0, 0.05) is 12.3 Å². The first kappa shape index (κ1) is 11.2. The lowest BCUT2D eigenvalue weighted by Crippen LogP contribution is -2.05. The van der Waals surface area contributed by atoms with Crippen molar-refractivity contribution in [3.63, 3.8) is 0 Å². The zero-order chi connectivity index (χ0) is 12.3. The lowest BCUT2D eigenvalue weighted by atomic mass is 10.3. The largest absolute Gasteiger partial charge is 0.397 e. The van der Waals surface area contributed by atoms with Crippen LogP contribution in [0, 0.1) is 11.3 Å². The lowest BCUT2D eigenvalue weighted by Gasteiger charge is -2.02. The van der Waals surface area contributed by atoms with Gasteiger partial charge in [-0.25, -0.2) is 9.97 Å². The Morgan fingerprint density at radius 3 is 3.00 bits per heavy atom. The molecule has 0 spiro atoms. The van der Waals surface area contributed by atoms with Gasteiger partial charge in [-0.1, -0.05) is 0 Å². The van der Waals surface area contributed by atoms with Crippen LogP contribution in [0.3, 0.4) is 0 Å². The van der Waals surface area contributed by atoms with E-state index in [0.717, 1.165) is 11.8 Å². The molecule has 0 saturated heterocycles. The number of pyridine rings is 1. The molecule has 2 rings (SSSR count). The normalized spacial score (nSPS) is 9.82. The van der Waals surface area contributed by atoms with E-state index in [9.17, 15) is 4.79 Å². The number of nitrogen functional groups attached to an aromatic ring is 1. The maximum Gasteiger partial charge on any atom is 0.251 e. The summed E-state index contributed by atoms with van der Waals surface area (Å²) >= 11 is 1.11. The predicted octanol–water partition coefficient (Wildman–Crippen LogP) is 0.770. The highest BCUT2D eigenvalue weighted by Gasteiger charge is 2.07. The summed E-state index contributed by atoms with van der Waals surface area (Å²) in [6, 6.07) is 4.82. The summed E-state index contributed by atoms with van der Waals surface area (Å²) in [6.07, 6.45) is 2.84.